The third-order valence-corrected chi connectivity index (χ3v) is 2.90. The van der Waals surface area contributed by atoms with Gasteiger partial charge in [0.05, 0.1) is 0 Å². The molecule has 1 rings (SSSR count). The van der Waals surface area contributed by atoms with Gasteiger partial charge in [-0.15, -0.1) is 0 Å². The minimum atomic E-state index is 1.12. The molecule has 1 heteroatoms. The van der Waals surface area contributed by atoms with Crippen molar-refractivity contribution >= 4 is 15.9 Å². The van der Waals surface area contributed by atoms with Crippen molar-refractivity contribution in [3.05, 3.63) is 34.9 Å². The second kappa shape index (κ2) is 5.43. The van der Waals surface area contributed by atoms with Crippen LogP contribution in [0.4, 0.5) is 0 Å². The van der Waals surface area contributed by atoms with Gasteiger partial charge in [0.15, 0.2) is 0 Å². The van der Waals surface area contributed by atoms with Crippen LogP contribution in [0.3, 0.4) is 0 Å². The van der Waals surface area contributed by atoms with E-state index in [1.54, 1.807) is 0 Å². The summed E-state index contributed by atoms with van der Waals surface area (Å²) in [6.07, 6.45) is 3.78. The predicted molar refractivity (Wildman–Crippen MR) is 62.6 cm³/mol. The van der Waals surface area contributed by atoms with Crippen LogP contribution in [0.2, 0.25) is 0 Å². The van der Waals surface area contributed by atoms with Crippen molar-refractivity contribution in [2.45, 2.75) is 33.1 Å². The fraction of sp³-hybridized carbons (Fsp3) is 0.500. The molecule has 0 aromatic heterocycles. The van der Waals surface area contributed by atoms with E-state index >= 15 is 0 Å². The average Bonchev–Trinajstić information content (AvgIpc) is 2.11. The van der Waals surface area contributed by atoms with Crippen LogP contribution in [-0.4, -0.2) is 5.33 Å². The normalized spacial score (nSPS) is 10.4. The highest BCUT2D eigenvalue weighted by Gasteiger charge is 1.97. The van der Waals surface area contributed by atoms with Crippen LogP contribution in [0.15, 0.2) is 18.2 Å². The number of hydrogen-bond acceptors (Lipinski definition) is 0. The maximum absolute atomic E-state index is 3.46. The van der Waals surface area contributed by atoms with Gasteiger partial charge in [0.25, 0.3) is 0 Å². The number of halogens is 1. The van der Waals surface area contributed by atoms with Gasteiger partial charge in [0.1, 0.15) is 0 Å². The Balaban J connectivity index is 2.59. The Morgan fingerprint density at radius 1 is 1.15 bits per heavy atom. The smallest absolute Gasteiger partial charge is 0.00314 e. The van der Waals surface area contributed by atoms with Gasteiger partial charge >= 0.3 is 0 Å². The van der Waals surface area contributed by atoms with Crippen molar-refractivity contribution in [3.63, 3.8) is 0 Å². The number of benzene rings is 1. The highest BCUT2D eigenvalue weighted by atomic mass is 79.9. The maximum atomic E-state index is 3.46. The van der Waals surface area contributed by atoms with E-state index < -0.39 is 0 Å². The molecule has 0 radical (unpaired) electrons. The highest BCUT2D eigenvalue weighted by molar-refractivity contribution is 9.09. The molecule has 0 nitrogen and oxygen atoms in total. The largest absolute Gasteiger partial charge is 0.0928 e. The van der Waals surface area contributed by atoms with E-state index in [0.717, 1.165) is 5.33 Å². The predicted octanol–water partition coefficient (Wildman–Crippen LogP) is 4.02. The van der Waals surface area contributed by atoms with Crippen molar-refractivity contribution < 1.29 is 0 Å². The summed E-state index contributed by atoms with van der Waals surface area (Å²) >= 11 is 3.46. The van der Waals surface area contributed by atoms with E-state index in [2.05, 4.69) is 48.0 Å². The van der Waals surface area contributed by atoms with E-state index in [1.807, 2.05) is 0 Å². The van der Waals surface area contributed by atoms with E-state index in [9.17, 15) is 0 Å². The van der Waals surface area contributed by atoms with E-state index in [1.165, 1.54) is 36.0 Å². The lowest BCUT2D eigenvalue weighted by Gasteiger charge is -2.05. The van der Waals surface area contributed by atoms with Gasteiger partial charge in [-0.25, -0.2) is 0 Å². The van der Waals surface area contributed by atoms with Crippen molar-refractivity contribution in [2.75, 3.05) is 5.33 Å². The van der Waals surface area contributed by atoms with Gasteiger partial charge in [-0.3, -0.25) is 0 Å². The fourth-order valence-electron chi connectivity index (χ4n) is 1.48. The van der Waals surface area contributed by atoms with Crippen molar-refractivity contribution in [1.82, 2.24) is 0 Å². The second-order valence-electron chi connectivity index (χ2n) is 3.58. The lowest BCUT2D eigenvalue weighted by Crippen LogP contribution is -1.91. The van der Waals surface area contributed by atoms with Crippen molar-refractivity contribution in [2.24, 2.45) is 0 Å². The lowest BCUT2D eigenvalue weighted by atomic mass is 10.0. The maximum Gasteiger partial charge on any atom is 0.00314 e. The molecule has 0 aliphatic carbocycles. The van der Waals surface area contributed by atoms with Gasteiger partial charge in [0, 0.05) is 5.33 Å². The molecule has 0 bridgehead atoms. The molecular formula is C12H17Br. The summed E-state index contributed by atoms with van der Waals surface area (Å²) < 4.78 is 0. The molecule has 0 saturated carbocycles. The zero-order chi connectivity index (χ0) is 9.68. The molecule has 0 fully saturated rings. The zero-order valence-corrected chi connectivity index (χ0v) is 10.0. The Bertz CT molecular complexity index is 266. The summed E-state index contributed by atoms with van der Waals surface area (Å²) in [7, 11) is 0. The summed E-state index contributed by atoms with van der Waals surface area (Å²) in [5.74, 6) is 0. The molecule has 0 unspecified atom stereocenters. The van der Waals surface area contributed by atoms with Crippen LogP contribution in [0, 0.1) is 13.8 Å². The summed E-state index contributed by atoms with van der Waals surface area (Å²) in [5.41, 5.74) is 4.32. The molecule has 72 valence electrons. The minimum absolute atomic E-state index is 1.12. The first-order valence-electron chi connectivity index (χ1n) is 4.86. The zero-order valence-electron chi connectivity index (χ0n) is 8.44. The molecular weight excluding hydrogens is 224 g/mol. The van der Waals surface area contributed by atoms with Gasteiger partial charge < -0.3 is 0 Å². The number of aryl methyl sites for hydroxylation is 3. The molecule has 0 amide bonds. The quantitative estimate of drug-likeness (QED) is 0.551. The molecule has 0 spiro atoms. The minimum Gasteiger partial charge on any atom is -0.0928 e. The molecule has 0 heterocycles. The van der Waals surface area contributed by atoms with Crippen LogP contribution < -0.4 is 0 Å². The Hall–Kier alpha value is -0.300. The second-order valence-corrected chi connectivity index (χ2v) is 4.37. The Morgan fingerprint density at radius 3 is 2.62 bits per heavy atom. The van der Waals surface area contributed by atoms with Gasteiger partial charge in [-0.05, 0) is 44.2 Å². The van der Waals surface area contributed by atoms with E-state index in [-0.39, 0.29) is 0 Å². The number of hydrogen-bond donors (Lipinski definition) is 0. The summed E-state index contributed by atoms with van der Waals surface area (Å²) in [4.78, 5) is 0. The molecule has 1 aromatic rings. The Labute approximate surface area is 89.5 Å². The van der Waals surface area contributed by atoms with Crippen LogP contribution in [0.1, 0.15) is 29.5 Å². The Kier molecular flexibility index (Phi) is 4.51. The number of rotatable bonds is 4. The van der Waals surface area contributed by atoms with Crippen LogP contribution in [-0.2, 0) is 6.42 Å². The first kappa shape index (κ1) is 10.8. The molecule has 0 aliphatic heterocycles. The first-order valence-corrected chi connectivity index (χ1v) is 5.98. The molecule has 13 heavy (non-hydrogen) atoms. The van der Waals surface area contributed by atoms with Gasteiger partial charge in [0.2, 0.25) is 0 Å². The number of alkyl halides is 1. The topological polar surface area (TPSA) is 0 Å². The standard InChI is InChI=1S/C12H17Br/c1-10-6-7-11(2)12(9-10)5-3-4-8-13/h6-7,9H,3-5,8H2,1-2H3. The van der Waals surface area contributed by atoms with E-state index in [4.69, 9.17) is 0 Å². The van der Waals surface area contributed by atoms with Crippen LogP contribution >= 0.6 is 15.9 Å². The van der Waals surface area contributed by atoms with Crippen LogP contribution in [0.5, 0.6) is 0 Å². The fourth-order valence-corrected chi connectivity index (χ4v) is 1.88. The third-order valence-electron chi connectivity index (χ3n) is 2.33. The number of unbranched alkanes of at least 4 members (excludes halogenated alkanes) is 1. The van der Waals surface area contributed by atoms with Crippen molar-refractivity contribution in [1.29, 1.82) is 0 Å². The monoisotopic (exact) mass is 240 g/mol. The highest BCUT2D eigenvalue weighted by Crippen LogP contribution is 2.13. The van der Waals surface area contributed by atoms with Crippen LogP contribution in [0.25, 0.3) is 0 Å². The molecule has 0 aliphatic rings. The molecule has 0 N–H and O–H groups in total. The molecule has 1 aromatic carbocycles. The first-order chi connectivity index (χ1) is 6.24. The summed E-state index contributed by atoms with van der Waals surface area (Å²) in [6, 6.07) is 6.71. The van der Waals surface area contributed by atoms with Crippen molar-refractivity contribution in [3.8, 4) is 0 Å². The van der Waals surface area contributed by atoms with E-state index in [0.29, 0.717) is 0 Å². The SMILES string of the molecule is Cc1ccc(C)c(CCCCBr)c1. The Morgan fingerprint density at radius 2 is 1.92 bits per heavy atom. The lowest BCUT2D eigenvalue weighted by molar-refractivity contribution is 0.801. The summed E-state index contributed by atoms with van der Waals surface area (Å²) in [5, 5.41) is 1.12. The molecule has 0 saturated heterocycles. The third kappa shape index (κ3) is 3.51. The van der Waals surface area contributed by atoms with Gasteiger partial charge in [-0.2, -0.15) is 0 Å². The average molecular weight is 241 g/mol. The molecule has 0 atom stereocenters. The summed E-state index contributed by atoms with van der Waals surface area (Å²) in [6.45, 7) is 4.36. The van der Waals surface area contributed by atoms with Gasteiger partial charge in [-0.1, -0.05) is 39.7 Å².